The minimum atomic E-state index is 0.268. The Balaban J connectivity index is 2.21. The molecule has 88 valence electrons. The van der Waals surface area contributed by atoms with Crippen LogP contribution in [0.15, 0.2) is 10.8 Å². The zero-order valence-corrected chi connectivity index (χ0v) is 12.1. The van der Waals surface area contributed by atoms with Crippen LogP contribution in [0, 0.1) is 10.8 Å². The fourth-order valence-corrected chi connectivity index (χ4v) is 2.60. The Morgan fingerprint density at radius 3 is 2.31 bits per heavy atom. The second-order valence-electron chi connectivity index (χ2n) is 5.35. The van der Waals surface area contributed by atoms with Crippen LogP contribution in [0.4, 0.5) is 5.82 Å². The monoisotopic (exact) mass is 303 g/mol. The summed E-state index contributed by atoms with van der Waals surface area (Å²) < 4.78 is 0.732. The fraction of sp³-hybridized carbons (Fsp3) is 0.636. The topological polar surface area (TPSA) is 37.8 Å². The molecule has 1 aromatic heterocycles. The first kappa shape index (κ1) is 12.1. The van der Waals surface area contributed by atoms with Gasteiger partial charge in [0.05, 0.1) is 4.47 Å². The summed E-state index contributed by atoms with van der Waals surface area (Å²) in [6.45, 7) is 9.01. The van der Waals surface area contributed by atoms with Gasteiger partial charge in [-0.1, -0.05) is 39.3 Å². The van der Waals surface area contributed by atoms with Crippen LogP contribution < -0.4 is 5.32 Å². The number of aromatic nitrogens is 2. The molecule has 0 radical (unpaired) electrons. The molecule has 0 spiro atoms. The molecule has 2 rings (SSSR count). The maximum atomic E-state index is 5.92. The summed E-state index contributed by atoms with van der Waals surface area (Å²) in [5.41, 5.74) is 0.535. The lowest BCUT2D eigenvalue weighted by atomic mass is 10.0. The van der Waals surface area contributed by atoms with E-state index in [4.69, 9.17) is 11.6 Å². The van der Waals surface area contributed by atoms with E-state index in [1.54, 1.807) is 0 Å². The molecule has 1 fully saturated rings. The van der Waals surface area contributed by atoms with Crippen molar-refractivity contribution in [2.24, 2.45) is 10.8 Å². The van der Waals surface area contributed by atoms with Gasteiger partial charge in [-0.05, 0) is 26.8 Å². The van der Waals surface area contributed by atoms with Gasteiger partial charge >= 0.3 is 0 Å². The van der Waals surface area contributed by atoms with Crippen LogP contribution >= 0.6 is 27.5 Å². The lowest BCUT2D eigenvalue weighted by Gasteiger charge is -2.09. The standard InChI is InChI=1S/C11H15BrClN3/c1-10(2)9(11(10,3)4)16-8-6(12)7(13)14-5-15-8/h5,9H,1-4H3,(H,14,15,16). The molecular weight excluding hydrogens is 289 g/mol. The average molecular weight is 305 g/mol. The summed E-state index contributed by atoms with van der Waals surface area (Å²) in [5.74, 6) is 0.767. The minimum absolute atomic E-state index is 0.268. The van der Waals surface area contributed by atoms with E-state index in [9.17, 15) is 0 Å². The van der Waals surface area contributed by atoms with Crippen molar-refractivity contribution in [3.63, 3.8) is 0 Å². The molecule has 0 saturated heterocycles. The Morgan fingerprint density at radius 1 is 1.25 bits per heavy atom. The van der Waals surface area contributed by atoms with Crippen molar-refractivity contribution in [2.45, 2.75) is 33.7 Å². The Morgan fingerprint density at radius 2 is 1.81 bits per heavy atom. The zero-order chi connectivity index (χ0) is 12.1. The quantitative estimate of drug-likeness (QED) is 0.846. The van der Waals surface area contributed by atoms with Crippen LogP contribution in [-0.2, 0) is 0 Å². The summed E-state index contributed by atoms with van der Waals surface area (Å²) in [6.07, 6.45) is 1.47. The van der Waals surface area contributed by atoms with E-state index < -0.39 is 0 Å². The Hall–Kier alpha value is -0.350. The molecule has 1 aromatic rings. The van der Waals surface area contributed by atoms with E-state index in [1.807, 2.05) is 0 Å². The maximum Gasteiger partial charge on any atom is 0.148 e. The fourth-order valence-electron chi connectivity index (χ4n) is 2.14. The van der Waals surface area contributed by atoms with E-state index in [2.05, 4.69) is 58.9 Å². The molecule has 0 amide bonds. The lowest BCUT2D eigenvalue weighted by molar-refractivity contribution is 0.457. The molecular formula is C11H15BrClN3. The molecule has 1 N–H and O–H groups in total. The predicted molar refractivity (Wildman–Crippen MR) is 69.7 cm³/mol. The van der Waals surface area contributed by atoms with Crippen LogP contribution in [0.3, 0.4) is 0 Å². The first-order valence-electron chi connectivity index (χ1n) is 5.21. The molecule has 1 aliphatic carbocycles. The highest BCUT2D eigenvalue weighted by Gasteiger charge is 2.65. The van der Waals surface area contributed by atoms with Gasteiger partial charge < -0.3 is 5.32 Å². The maximum absolute atomic E-state index is 5.92. The molecule has 0 bridgehead atoms. The van der Waals surface area contributed by atoms with E-state index >= 15 is 0 Å². The smallest absolute Gasteiger partial charge is 0.148 e. The van der Waals surface area contributed by atoms with Crippen LogP contribution in [0.1, 0.15) is 27.7 Å². The molecule has 16 heavy (non-hydrogen) atoms. The van der Waals surface area contributed by atoms with Gasteiger partial charge in [-0.3, -0.25) is 0 Å². The van der Waals surface area contributed by atoms with Gasteiger partial charge in [0.1, 0.15) is 17.3 Å². The van der Waals surface area contributed by atoms with Crippen molar-refractivity contribution >= 4 is 33.3 Å². The zero-order valence-electron chi connectivity index (χ0n) is 9.81. The average Bonchev–Trinajstić information content (AvgIpc) is 2.55. The van der Waals surface area contributed by atoms with Gasteiger partial charge in [-0.15, -0.1) is 0 Å². The second kappa shape index (κ2) is 3.57. The summed E-state index contributed by atoms with van der Waals surface area (Å²) >= 11 is 9.31. The summed E-state index contributed by atoms with van der Waals surface area (Å²) in [4.78, 5) is 8.10. The van der Waals surface area contributed by atoms with Crippen molar-refractivity contribution < 1.29 is 0 Å². The van der Waals surface area contributed by atoms with Crippen LogP contribution in [-0.4, -0.2) is 16.0 Å². The van der Waals surface area contributed by atoms with E-state index in [1.165, 1.54) is 6.33 Å². The van der Waals surface area contributed by atoms with Gasteiger partial charge in [-0.25, -0.2) is 9.97 Å². The Kier molecular flexibility index (Phi) is 2.70. The van der Waals surface area contributed by atoms with Crippen LogP contribution in [0.25, 0.3) is 0 Å². The van der Waals surface area contributed by atoms with Gasteiger partial charge in [0.25, 0.3) is 0 Å². The largest absolute Gasteiger partial charge is 0.365 e. The third-order valence-electron chi connectivity index (χ3n) is 4.05. The number of hydrogen-bond donors (Lipinski definition) is 1. The summed E-state index contributed by atoms with van der Waals surface area (Å²) in [6, 6.07) is 0.405. The number of hydrogen-bond acceptors (Lipinski definition) is 3. The van der Waals surface area contributed by atoms with Gasteiger partial charge in [0, 0.05) is 6.04 Å². The summed E-state index contributed by atoms with van der Waals surface area (Å²) in [5, 5.41) is 3.86. The molecule has 1 saturated carbocycles. The second-order valence-corrected chi connectivity index (χ2v) is 6.50. The molecule has 0 aliphatic heterocycles. The van der Waals surface area contributed by atoms with Gasteiger partial charge in [-0.2, -0.15) is 0 Å². The first-order chi connectivity index (χ1) is 7.28. The number of anilines is 1. The molecule has 1 heterocycles. The molecule has 0 unspecified atom stereocenters. The minimum Gasteiger partial charge on any atom is -0.365 e. The highest BCUT2D eigenvalue weighted by molar-refractivity contribution is 9.10. The van der Waals surface area contributed by atoms with Gasteiger partial charge in [0.2, 0.25) is 0 Å². The van der Waals surface area contributed by atoms with E-state index in [-0.39, 0.29) is 10.8 Å². The molecule has 0 atom stereocenters. The molecule has 1 aliphatic rings. The predicted octanol–water partition coefficient (Wildman–Crippen LogP) is 3.74. The number of nitrogens with one attached hydrogen (secondary N) is 1. The van der Waals surface area contributed by atoms with Crippen molar-refractivity contribution in [1.82, 2.24) is 9.97 Å². The number of rotatable bonds is 2. The molecule has 0 aromatic carbocycles. The van der Waals surface area contributed by atoms with E-state index in [0.717, 1.165) is 10.3 Å². The third-order valence-corrected chi connectivity index (χ3v) is 5.31. The first-order valence-corrected chi connectivity index (χ1v) is 6.38. The van der Waals surface area contributed by atoms with Crippen molar-refractivity contribution in [3.05, 3.63) is 16.0 Å². The summed E-state index contributed by atoms with van der Waals surface area (Å²) in [7, 11) is 0. The van der Waals surface area contributed by atoms with Crippen molar-refractivity contribution in [2.75, 3.05) is 5.32 Å². The van der Waals surface area contributed by atoms with E-state index in [0.29, 0.717) is 11.2 Å². The van der Waals surface area contributed by atoms with Crippen molar-refractivity contribution in [3.8, 4) is 0 Å². The highest BCUT2D eigenvalue weighted by atomic mass is 79.9. The number of halogens is 2. The SMILES string of the molecule is CC1(C)C(Nc2ncnc(Cl)c2Br)C1(C)C. The molecule has 5 heteroatoms. The van der Waals surface area contributed by atoms with Gasteiger partial charge in [0.15, 0.2) is 0 Å². The number of nitrogens with zero attached hydrogens (tertiary/aromatic N) is 2. The van der Waals surface area contributed by atoms with Crippen LogP contribution in [0.2, 0.25) is 5.15 Å². The van der Waals surface area contributed by atoms with Crippen molar-refractivity contribution in [1.29, 1.82) is 0 Å². The Labute approximate surface area is 109 Å². The lowest BCUT2D eigenvalue weighted by Crippen LogP contribution is -2.12. The van der Waals surface area contributed by atoms with Crippen LogP contribution in [0.5, 0.6) is 0 Å². The molecule has 3 nitrogen and oxygen atoms in total. The Bertz CT molecular complexity index is 417. The normalized spacial score (nSPS) is 21.9. The third kappa shape index (κ3) is 1.63. The highest BCUT2D eigenvalue weighted by Crippen LogP contribution is 2.63.